The monoisotopic (exact) mass is 374 g/mol. The zero-order valence-electron chi connectivity index (χ0n) is 14.3. The normalized spacial score (nSPS) is 10.5. The van der Waals surface area contributed by atoms with E-state index in [9.17, 15) is 13.6 Å². The molecule has 0 spiro atoms. The Morgan fingerprint density at radius 1 is 1.15 bits per heavy atom. The number of carbonyl (C=O) groups is 1. The molecule has 0 unspecified atom stereocenters. The molecule has 0 saturated carbocycles. The van der Waals surface area contributed by atoms with E-state index in [1.165, 1.54) is 10.7 Å². The first-order chi connectivity index (χ1) is 13.1. The summed E-state index contributed by atoms with van der Waals surface area (Å²) in [4.78, 5) is 11.9. The number of para-hydroxylation sites is 1. The topological polar surface area (TPSA) is 94.0 Å². The lowest BCUT2D eigenvalue weighted by atomic mass is 10.3. The number of urea groups is 1. The Hall–Kier alpha value is -3.56. The first-order valence-electron chi connectivity index (χ1n) is 8.08. The number of nitrogens with one attached hydrogen (secondary N) is 2. The van der Waals surface area contributed by atoms with Crippen molar-refractivity contribution in [1.29, 1.82) is 0 Å². The Balaban J connectivity index is 1.65. The standard InChI is InChI=1S/C17H16F2N6O2/c1-2-27-12-8-6-11(7-9-12)25-15(22-23-24-25)10-20-17(26)21-16-13(18)4-3-5-14(16)19/h3-9H,2,10H2,1H3,(H2,20,21,26). The summed E-state index contributed by atoms with van der Waals surface area (Å²) in [6.07, 6.45) is 0. The Labute approximate surface area is 153 Å². The third-order valence-corrected chi connectivity index (χ3v) is 3.53. The molecule has 0 fully saturated rings. The minimum atomic E-state index is -0.871. The summed E-state index contributed by atoms with van der Waals surface area (Å²) in [5.74, 6) is -0.697. The van der Waals surface area contributed by atoms with E-state index < -0.39 is 23.4 Å². The van der Waals surface area contributed by atoms with Crippen LogP contribution in [0.25, 0.3) is 5.69 Å². The molecule has 0 bridgehead atoms. The molecule has 3 rings (SSSR count). The number of amides is 2. The molecule has 140 valence electrons. The number of nitrogens with zero attached hydrogens (tertiary/aromatic N) is 4. The van der Waals surface area contributed by atoms with Gasteiger partial charge in [0, 0.05) is 0 Å². The molecule has 1 aromatic heterocycles. The molecule has 2 aromatic carbocycles. The van der Waals surface area contributed by atoms with Crippen molar-refractivity contribution in [1.82, 2.24) is 25.5 Å². The van der Waals surface area contributed by atoms with E-state index >= 15 is 0 Å². The number of hydrogen-bond acceptors (Lipinski definition) is 5. The van der Waals surface area contributed by atoms with Gasteiger partial charge in [0.15, 0.2) is 5.82 Å². The number of aromatic nitrogens is 4. The molecule has 3 aromatic rings. The number of hydrogen-bond donors (Lipinski definition) is 2. The molecule has 0 radical (unpaired) electrons. The van der Waals surface area contributed by atoms with Crippen LogP contribution < -0.4 is 15.4 Å². The van der Waals surface area contributed by atoms with Gasteiger partial charge in [0.1, 0.15) is 23.1 Å². The molecule has 0 aliphatic rings. The van der Waals surface area contributed by atoms with Gasteiger partial charge in [0.05, 0.1) is 18.8 Å². The first-order valence-corrected chi connectivity index (χ1v) is 8.08. The number of benzene rings is 2. The number of anilines is 1. The number of ether oxygens (including phenoxy) is 1. The van der Waals surface area contributed by atoms with Crippen LogP contribution in [-0.2, 0) is 6.54 Å². The highest BCUT2D eigenvalue weighted by Gasteiger charge is 2.14. The van der Waals surface area contributed by atoms with Gasteiger partial charge in [-0.1, -0.05) is 6.07 Å². The number of rotatable bonds is 6. The van der Waals surface area contributed by atoms with Crippen molar-refractivity contribution in [3.63, 3.8) is 0 Å². The third-order valence-electron chi connectivity index (χ3n) is 3.53. The predicted molar refractivity (Wildman–Crippen MR) is 92.5 cm³/mol. The van der Waals surface area contributed by atoms with E-state index in [4.69, 9.17) is 4.74 Å². The second-order valence-corrected chi connectivity index (χ2v) is 5.34. The molecule has 0 aliphatic carbocycles. The molecule has 2 amide bonds. The summed E-state index contributed by atoms with van der Waals surface area (Å²) >= 11 is 0. The molecular formula is C17H16F2N6O2. The van der Waals surface area contributed by atoms with Crippen LogP contribution >= 0.6 is 0 Å². The Morgan fingerprint density at radius 3 is 2.52 bits per heavy atom. The molecular weight excluding hydrogens is 358 g/mol. The second kappa shape index (κ2) is 8.21. The zero-order valence-corrected chi connectivity index (χ0v) is 14.3. The Bertz CT molecular complexity index is 909. The van der Waals surface area contributed by atoms with Crippen LogP contribution in [0, 0.1) is 11.6 Å². The maximum Gasteiger partial charge on any atom is 0.319 e. The second-order valence-electron chi connectivity index (χ2n) is 5.34. The average molecular weight is 374 g/mol. The van der Waals surface area contributed by atoms with Gasteiger partial charge >= 0.3 is 6.03 Å². The van der Waals surface area contributed by atoms with Crippen LogP contribution in [0.15, 0.2) is 42.5 Å². The average Bonchev–Trinajstić information content (AvgIpc) is 3.13. The van der Waals surface area contributed by atoms with Crippen LogP contribution in [0.4, 0.5) is 19.3 Å². The SMILES string of the molecule is CCOc1ccc(-n2nnnc2CNC(=O)Nc2c(F)cccc2F)cc1. The molecule has 8 nitrogen and oxygen atoms in total. The van der Waals surface area contributed by atoms with Gasteiger partial charge in [-0.3, -0.25) is 0 Å². The predicted octanol–water partition coefficient (Wildman–Crippen LogP) is 2.66. The summed E-state index contributed by atoms with van der Waals surface area (Å²) in [5, 5.41) is 15.9. The fourth-order valence-corrected chi connectivity index (χ4v) is 2.30. The van der Waals surface area contributed by atoms with Crippen LogP contribution in [0.3, 0.4) is 0 Å². The van der Waals surface area contributed by atoms with Crippen molar-refractivity contribution in [2.45, 2.75) is 13.5 Å². The van der Waals surface area contributed by atoms with Crippen LogP contribution in [0.1, 0.15) is 12.7 Å². The summed E-state index contributed by atoms with van der Waals surface area (Å²) in [5.41, 5.74) is 0.141. The first kappa shape index (κ1) is 18.2. The van der Waals surface area contributed by atoms with E-state index in [1.54, 1.807) is 24.3 Å². The van der Waals surface area contributed by atoms with E-state index in [1.807, 2.05) is 6.92 Å². The number of carbonyl (C=O) groups excluding carboxylic acids is 1. The van der Waals surface area contributed by atoms with Crippen LogP contribution in [0.2, 0.25) is 0 Å². The van der Waals surface area contributed by atoms with Gasteiger partial charge in [-0.15, -0.1) is 5.10 Å². The Morgan fingerprint density at radius 2 is 1.85 bits per heavy atom. The highest BCUT2D eigenvalue weighted by Crippen LogP contribution is 2.18. The van der Waals surface area contributed by atoms with Crippen molar-refractivity contribution >= 4 is 11.7 Å². The summed E-state index contributed by atoms with van der Waals surface area (Å²) in [6.45, 7) is 2.39. The maximum absolute atomic E-state index is 13.6. The van der Waals surface area contributed by atoms with Gasteiger partial charge in [0.2, 0.25) is 0 Å². The molecule has 1 heterocycles. The maximum atomic E-state index is 13.6. The van der Waals surface area contributed by atoms with Gasteiger partial charge in [-0.25, -0.2) is 13.6 Å². The van der Waals surface area contributed by atoms with Gasteiger partial charge in [-0.05, 0) is 53.7 Å². The largest absolute Gasteiger partial charge is 0.494 e. The minimum Gasteiger partial charge on any atom is -0.494 e. The van der Waals surface area contributed by atoms with E-state index in [2.05, 4.69) is 26.2 Å². The minimum absolute atomic E-state index is 0.0535. The fourth-order valence-electron chi connectivity index (χ4n) is 2.30. The molecule has 0 saturated heterocycles. The lowest BCUT2D eigenvalue weighted by Crippen LogP contribution is -2.30. The van der Waals surface area contributed by atoms with Crippen molar-refractivity contribution in [2.75, 3.05) is 11.9 Å². The smallest absolute Gasteiger partial charge is 0.319 e. The third kappa shape index (κ3) is 4.35. The number of halogens is 2. The van der Waals surface area contributed by atoms with Crippen molar-refractivity contribution in [2.24, 2.45) is 0 Å². The lowest BCUT2D eigenvalue weighted by Gasteiger charge is -2.10. The Kier molecular flexibility index (Phi) is 5.55. The summed E-state index contributed by atoms with van der Waals surface area (Å²) in [7, 11) is 0. The van der Waals surface area contributed by atoms with Crippen LogP contribution in [0.5, 0.6) is 5.75 Å². The van der Waals surface area contributed by atoms with Crippen molar-refractivity contribution in [3.8, 4) is 11.4 Å². The highest BCUT2D eigenvalue weighted by molar-refractivity contribution is 5.89. The summed E-state index contributed by atoms with van der Waals surface area (Å²) < 4.78 is 33.9. The molecule has 0 aliphatic heterocycles. The molecule has 10 heteroatoms. The van der Waals surface area contributed by atoms with Gasteiger partial charge in [0.25, 0.3) is 0 Å². The van der Waals surface area contributed by atoms with E-state index in [0.29, 0.717) is 23.9 Å². The van der Waals surface area contributed by atoms with Crippen LogP contribution in [-0.4, -0.2) is 32.8 Å². The quantitative estimate of drug-likeness (QED) is 0.692. The van der Waals surface area contributed by atoms with E-state index in [-0.39, 0.29) is 6.54 Å². The van der Waals surface area contributed by atoms with Crippen molar-refractivity contribution < 1.29 is 18.3 Å². The number of tetrazole rings is 1. The summed E-state index contributed by atoms with van der Waals surface area (Å²) in [6, 6.07) is 9.57. The zero-order chi connectivity index (χ0) is 19.2. The molecule has 27 heavy (non-hydrogen) atoms. The van der Waals surface area contributed by atoms with Crippen molar-refractivity contribution in [3.05, 3.63) is 59.9 Å². The van der Waals surface area contributed by atoms with Gasteiger partial charge < -0.3 is 15.4 Å². The lowest BCUT2D eigenvalue weighted by molar-refractivity contribution is 0.251. The highest BCUT2D eigenvalue weighted by atomic mass is 19.1. The molecule has 2 N–H and O–H groups in total. The fraction of sp³-hybridized carbons (Fsp3) is 0.176. The van der Waals surface area contributed by atoms with E-state index in [0.717, 1.165) is 12.1 Å². The van der Waals surface area contributed by atoms with Gasteiger partial charge in [-0.2, -0.15) is 4.68 Å². The molecule has 0 atom stereocenters.